The molecule has 0 aromatic carbocycles. The summed E-state index contributed by atoms with van der Waals surface area (Å²) in [5.74, 6) is 0. The van der Waals surface area contributed by atoms with Crippen LogP contribution in [0.25, 0.3) is 0 Å². The van der Waals surface area contributed by atoms with Gasteiger partial charge in [0.15, 0.2) is 0 Å². The summed E-state index contributed by atoms with van der Waals surface area (Å²) in [4.78, 5) is 2.30. The summed E-state index contributed by atoms with van der Waals surface area (Å²) in [7, 11) is -3.39. The quantitative estimate of drug-likeness (QED) is 0.879. The van der Waals surface area contributed by atoms with Crippen LogP contribution < -0.4 is 4.72 Å². The van der Waals surface area contributed by atoms with Crippen molar-refractivity contribution in [1.29, 1.82) is 0 Å². The van der Waals surface area contributed by atoms with Crippen LogP contribution in [-0.4, -0.2) is 8.42 Å². The van der Waals surface area contributed by atoms with Crippen molar-refractivity contribution >= 4 is 48.6 Å². The number of rotatable bonds is 5. The minimum absolute atomic E-state index is 0.335. The molecule has 0 aliphatic heterocycles. The molecule has 0 radical (unpaired) electrons. The van der Waals surface area contributed by atoms with Crippen LogP contribution in [0.5, 0.6) is 0 Å². The van der Waals surface area contributed by atoms with Gasteiger partial charge in [-0.3, -0.25) is 0 Å². The van der Waals surface area contributed by atoms with E-state index in [2.05, 4.69) is 27.6 Å². The van der Waals surface area contributed by atoms with E-state index in [1.54, 1.807) is 23.5 Å². The number of halogens is 1. The van der Waals surface area contributed by atoms with Gasteiger partial charge in [-0.15, -0.1) is 22.7 Å². The molecule has 0 saturated carbocycles. The van der Waals surface area contributed by atoms with Crippen molar-refractivity contribution in [1.82, 2.24) is 4.72 Å². The fourth-order valence-electron chi connectivity index (χ4n) is 1.39. The predicted octanol–water partition coefficient (Wildman–Crippen LogP) is 3.61. The zero-order chi connectivity index (χ0) is 13.2. The summed E-state index contributed by atoms with van der Waals surface area (Å²) in [5.41, 5.74) is 0. The van der Waals surface area contributed by atoms with E-state index >= 15 is 0 Å². The second-order valence-electron chi connectivity index (χ2n) is 3.60. The van der Waals surface area contributed by atoms with Crippen LogP contribution in [-0.2, 0) is 23.0 Å². The molecule has 1 N–H and O–H groups in total. The van der Waals surface area contributed by atoms with E-state index in [1.165, 1.54) is 16.2 Å². The first kappa shape index (κ1) is 14.2. The third-order valence-electron chi connectivity index (χ3n) is 2.32. The lowest BCUT2D eigenvalue weighted by atomic mass is 10.4. The number of thiophene rings is 2. The summed E-state index contributed by atoms with van der Waals surface area (Å²) in [6, 6.07) is 7.34. The van der Waals surface area contributed by atoms with E-state index in [4.69, 9.17) is 0 Å². The highest BCUT2D eigenvalue weighted by atomic mass is 79.9. The molecule has 0 atom stereocenters. The summed E-state index contributed by atoms with van der Waals surface area (Å²) in [6.07, 6.45) is 0.981. The van der Waals surface area contributed by atoms with Gasteiger partial charge in [0, 0.05) is 16.3 Å². The molecule has 0 amide bonds. The lowest BCUT2D eigenvalue weighted by Crippen LogP contribution is -2.21. The Kier molecular flexibility index (Phi) is 4.60. The van der Waals surface area contributed by atoms with E-state index < -0.39 is 10.0 Å². The molecule has 3 nitrogen and oxygen atoms in total. The van der Waals surface area contributed by atoms with Gasteiger partial charge in [-0.1, -0.05) is 6.92 Å². The highest BCUT2D eigenvalue weighted by Gasteiger charge is 2.16. The van der Waals surface area contributed by atoms with Gasteiger partial charge in [0.1, 0.15) is 4.21 Å². The van der Waals surface area contributed by atoms with Crippen LogP contribution in [0.4, 0.5) is 0 Å². The number of hydrogen-bond acceptors (Lipinski definition) is 4. The van der Waals surface area contributed by atoms with E-state index in [1.807, 2.05) is 12.1 Å². The number of aryl methyl sites for hydroxylation is 1. The van der Waals surface area contributed by atoms with Crippen LogP contribution in [0.15, 0.2) is 32.3 Å². The van der Waals surface area contributed by atoms with E-state index in [0.717, 1.165) is 15.1 Å². The van der Waals surface area contributed by atoms with Crippen molar-refractivity contribution in [3.8, 4) is 0 Å². The van der Waals surface area contributed by atoms with E-state index in [0.29, 0.717) is 10.8 Å². The minimum Gasteiger partial charge on any atom is -0.206 e. The number of sulfonamides is 1. The summed E-state index contributed by atoms with van der Waals surface area (Å²) in [6.45, 7) is 2.44. The molecule has 0 aliphatic rings. The highest BCUT2D eigenvalue weighted by Crippen LogP contribution is 2.26. The second-order valence-corrected chi connectivity index (χ2v) is 9.31. The summed E-state index contributed by atoms with van der Waals surface area (Å²) >= 11 is 6.11. The Morgan fingerprint density at radius 2 is 1.89 bits per heavy atom. The summed E-state index contributed by atoms with van der Waals surface area (Å²) < 4.78 is 27.7. The molecule has 18 heavy (non-hydrogen) atoms. The maximum absolute atomic E-state index is 12.0. The molecule has 0 aliphatic carbocycles. The molecule has 0 fully saturated rings. The van der Waals surface area contributed by atoms with Gasteiger partial charge in [0.05, 0.1) is 3.79 Å². The first-order valence-corrected chi connectivity index (χ1v) is 9.25. The fourth-order valence-corrected chi connectivity index (χ4v) is 5.44. The van der Waals surface area contributed by atoms with Crippen LogP contribution in [0, 0.1) is 0 Å². The van der Waals surface area contributed by atoms with Crippen LogP contribution in [0.3, 0.4) is 0 Å². The Hall–Kier alpha value is -0.210. The molecular weight excluding hydrogens is 354 g/mol. The predicted molar refractivity (Wildman–Crippen MR) is 79.7 cm³/mol. The molecule has 2 heterocycles. The molecule has 98 valence electrons. The topological polar surface area (TPSA) is 46.2 Å². The third kappa shape index (κ3) is 3.42. The molecule has 0 saturated heterocycles. The molecule has 0 spiro atoms. The molecule has 0 unspecified atom stereocenters. The smallest absolute Gasteiger partial charge is 0.206 e. The largest absolute Gasteiger partial charge is 0.250 e. The Labute approximate surface area is 123 Å². The first-order chi connectivity index (χ1) is 8.51. The van der Waals surface area contributed by atoms with Gasteiger partial charge in [0.25, 0.3) is 0 Å². The molecular formula is C11H12BrNO2S3. The maximum atomic E-state index is 12.0. The number of nitrogens with one attached hydrogen (secondary N) is 1. The van der Waals surface area contributed by atoms with Gasteiger partial charge >= 0.3 is 0 Å². The minimum atomic E-state index is -3.39. The normalized spacial score (nSPS) is 11.9. The lowest BCUT2D eigenvalue weighted by Gasteiger charge is -2.02. The molecule has 7 heteroatoms. The summed E-state index contributed by atoms with van der Waals surface area (Å²) in [5, 5.41) is 0. The van der Waals surface area contributed by atoms with Gasteiger partial charge in [-0.05, 0) is 46.6 Å². The van der Waals surface area contributed by atoms with Gasteiger partial charge in [0.2, 0.25) is 10.0 Å². The Morgan fingerprint density at radius 1 is 1.17 bits per heavy atom. The zero-order valence-corrected chi connectivity index (χ0v) is 13.7. The van der Waals surface area contributed by atoms with Crippen LogP contribution in [0.1, 0.15) is 16.7 Å². The van der Waals surface area contributed by atoms with Crippen LogP contribution in [0.2, 0.25) is 0 Å². The lowest BCUT2D eigenvalue weighted by molar-refractivity contribution is 0.584. The van der Waals surface area contributed by atoms with Crippen molar-refractivity contribution in [2.45, 2.75) is 24.1 Å². The Morgan fingerprint density at radius 3 is 2.44 bits per heavy atom. The Balaban J connectivity index is 2.05. The van der Waals surface area contributed by atoms with Crippen molar-refractivity contribution < 1.29 is 8.42 Å². The molecule has 2 aromatic heterocycles. The average molecular weight is 366 g/mol. The van der Waals surface area contributed by atoms with Crippen molar-refractivity contribution in [3.05, 3.63) is 37.8 Å². The van der Waals surface area contributed by atoms with E-state index in [9.17, 15) is 8.42 Å². The maximum Gasteiger partial charge on any atom is 0.250 e. The molecule has 2 rings (SSSR count). The van der Waals surface area contributed by atoms with E-state index in [-0.39, 0.29) is 0 Å². The van der Waals surface area contributed by atoms with Crippen molar-refractivity contribution in [2.24, 2.45) is 0 Å². The second kappa shape index (κ2) is 5.83. The van der Waals surface area contributed by atoms with Crippen LogP contribution >= 0.6 is 38.6 Å². The zero-order valence-electron chi connectivity index (χ0n) is 9.64. The van der Waals surface area contributed by atoms with Crippen molar-refractivity contribution in [3.63, 3.8) is 0 Å². The fraction of sp³-hybridized carbons (Fsp3) is 0.273. The van der Waals surface area contributed by atoms with Gasteiger partial charge in [-0.2, -0.15) is 0 Å². The number of hydrogen-bond donors (Lipinski definition) is 1. The monoisotopic (exact) mass is 365 g/mol. The molecule has 0 bridgehead atoms. The van der Waals surface area contributed by atoms with Gasteiger partial charge in [-0.25, -0.2) is 13.1 Å². The van der Waals surface area contributed by atoms with Gasteiger partial charge < -0.3 is 0 Å². The third-order valence-corrected chi connectivity index (χ3v) is 7.06. The standard InChI is InChI=1S/C11H12BrNO2S3/c1-2-8-3-4-9(16-8)7-13-18(14,15)11-6-5-10(12)17-11/h3-6,13H,2,7H2,1H3. The van der Waals surface area contributed by atoms with Crippen molar-refractivity contribution in [2.75, 3.05) is 0 Å². The highest BCUT2D eigenvalue weighted by molar-refractivity contribution is 9.11. The average Bonchev–Trinajstić information content (AvgIpc) is 2.95. The first-order valence-electron chi connectivity index (χ1n) is 5.34. The SMILES string of the molecule is CCc1ccc(CNS(=O)(=O)c2ccc(Br)s2)s1. The molecule has 2 aromatic rings. The Bertz CT molecular complexity index is 630.